The number of benzene rings is 2. The molecule has 2 aromatic carbocycles. The molecule has 140 valence electrons. The van der Waals surface area contributed by atoms with Crippen LogP contribution in [-0.4, -0.2) is 19.6 Å². The number of amides is 1. The van der Waals surface area contributed by atoms with E-state index in [0.29, 0.717) is 29.2 Å². The SMILES string of the molecule is CN(C(=O)c1cc2c(s1)-c1cc(C#N)ccc1OCC2)c1ccc(F)cc1F. The van der Waals surface area contributed by atoms with Crippen LogP contribution in [-0.2, 0) is 6.42 Å². The van der Waals surface area contributed by atoms with Gasteiger partial charge in [-0.1, -0.05) is 0 Å². The summed E-state index contributed by atoms with van der Waals surface area (Å²) in [5.74, 6) is -1.22. The van der Waals surface area contributed by atoms with Crippen LogP contribution < -0.4 is 9.64 Å². The van der Waals surface area contributed by atoms with Crippen LogP contribution >= 0.6 is 11.3 Å². The molecule has 1 aliphatic heterocycles. The molecule has 0 atom stereocenters. The zero-order valence-electron chi connectivity index (χ0n) is 14.8. The summed E-state index contributed by atoms with van der Waals surface area (Å²) in [6.45, 7) is 0.457. The van der Waals surface area contributed by atoms with Crippen LogP contribution in [0.2, 0.25) is 0 Å². The molecule has 28 heavy (non-hydrogen) atoms. The Morgan fingerprint density at radius 3 is 2.79 bits per heavy atom. The summed E-state index contributed by atoms with van der Waals surface area (Å²) in [6.07, 6.45) is 0.615. The lowest BCUT2D eigenvalue weighted by atomic mass is 10.1. The third kappa shape index (κ3) is 3.12. The van der Waals surface area contributed by atoms with Gasteiger partial charge >= 0.3 is 0 Å². The standard InChI is InChI=1S/C21H14F2N2O2S/c1-25(17-4-3-14(22)10-16(17)23)21(26)19-9-13-6-7-27-18-5-2-12(11-24)8-15(18)20(13)28-19/h2-5,8-10H,6-7H2,1H3. The Kier molecular flexibility index (Phi) is 4.57. The van der Waals surface area contributed by atoms with Gasteiger partial charge in [-0.3, -0.25) is 4.79 Å². The van der Waals surface area contributed by atoms with E-state index in [-0.39, 0.29) is 11.6 Å². The average molecular weight is 396 g/mol. The van der Waals surface area contributed by atoms with Gasteiger partial charge < -0.3 is 9.64 Å². The molecule has 4 nitrogen and oxygen atoms in total. The molecule has 0 aliphatic carbocycles. The molecule has 2 heterocycles. The second kappa shape index (κ2) is 7.06. The van der Waals surface area contributed by atoms with Crippen molar-refractivity contribution >= 4 is 22.9 Å². The van der Waals surface area contributed by atoms with E-state index >= 15 is 0 Å². The fraction of sp³-hybridized carbons (Fsp3) is 0.143. The Hall–Kier alpha value is -3.24. The van der Waals surface area contributed by atoms with Crippen molar-refractivity contribution in [1.29, 1.82) is 5.26 Å². The lowest BCUT2D eigenvalue weighted by molar-refractivity contribution is 0.0996. The third-order valence-corrected chi connectivity index (χ3v) is 5.78. The maximum Gasteiger partial charge on any atom is 0.268 e. The predicted octanol–water partition coefficient (Wildman–Crippen LogP) is 4.78. The number of ether oxygens (including phenoxy) is 1. The van der Waals surface area contributed by atoms with Gasteiger partial charge in [-0.15, -0.1) is 11.3 Å². The number of anilines is 1. The van der Waals surface area contributed by atoms with Crippen LogP contribution in [0, 0.1) is 23.0 Å². The van der Waals surface area contributed by atoms with Gasteiger partial charge in [0.15, 0.2) is 0 Å². The van der Waals surface area contributed by atoms with Gasteiger partial charge in [0.2, 0.25) is 0 Å². The summed E-state index contributed by atoms with van der Waals surface area (Å²) in [6, 6.07) is 12.2. The monoisotopic (exact) mass is 396 g/mol. The first-order chi connectivity index (χ1) is 13.5. The summed E-state index contributed by atoms with van der Waals surface area (Å²) in [5.41, 5.74) is 2.22. The number of hydrogen-bond acceptors (Lipinski definition) is 4. The van der Waals surface area contributed by atoms with Gasteiger partial charge in [-0.05, 0) is 42.0 Å². The van der Waals surface area contributed by atoms with Gasteiger partial charge in [0.1, 0.15) is 17.4 Å². The zero-order valence-corrected chi connectivity index (χ0v) is 15.6. The molecule has 0 saturated heterocycles. The minimum atomic E-state index is -0.800. The summed E-state index contributed by atoms with van der Waals surface area (Å²) >= 11 is 1.27. The molecule has 0 unspecified atom stereocenters. The number of nitrogens with zero attached hydrogens (tertiary/aromatic N) is 2. The maximum atomic E-state index is 14.1. The third-order valence-electron chi connectivity index (χ3n) is 4.58. The highest BCUT2D eigenvalue weighted by Crippen LogP contribution is 2.41. The van der Waals surface area contributed by atoms with E-state index in [4.69, 9.17) is 4.74 Å². The fourth-order valence-electron chi connectivity index (χ4n) is 3.15. The topological polar surface area (TPSA) is 53.3 Å². The van der Waals surface area contributed by atoms with Crippen LogP contribution in [0.1, 0.15) is 20.8 Å². The Morgan fingerprint density at radius 1 is 1.21 bits per heavy atom. The fourth-order valence-corrected chi connectivity index (χ4v) is 4.36. The quantitative estimate of drug-likeness (QED) is 0.627. The molecule has 7 heteroatoms. The molecular formula is C21H14F2N2O2S. The molecule has 3 aromatic rings. The highest BCUT2D eigenvalue weighted by molar-refractivity contribution is 7.17. The Morgan fingerprint density at radius 2 is 2.04 bits per heavy atom. The van der Waals surface area contributed by atoms with E-state index in [1.54, 1.807) is 24.3 Å². The van der Waals surface area contributed by atoms with Crippen LogP contribution in [0.15, 0.2) is 42.5 Å². The molecule has 0 bridgehead atoms. The van der Waals surface area contributed by atoms with Crippen molar-refractivity contribution in [3.63, 3.8) is 0 Å². The highest BCUT2D eigenvalue weighted by Gasteiger charge is 2.24. The molecule has 0 radical (unpaired) electrons. The van der Waals surface area contributed by atoms with Gasteiger partial charge in [0, 0.05) is 30.0 Å². The lowest BCUT2D eigenvalue weighted by Crippen LogP contribution is -2.26. The van der Waals surface area contributed by atoms with Crippen molar-refractivity contribution < 1.29 is 18.3 Å². The highest BCUT2D eigenvalue weighted by atomic mass is 32.1. The first-order valence-electron chi connectivity index (χ1n) is 8.51. The van der Waals surface area contributed by atoms with Gasteiger partial charge in [-0.25, -0.2) is 8.78 Å². The second-order valence-electron chi connectivity index (χ2n) is 6.35. The summed E-state index contributed by atoms with van der Waals surface area (Å²) in [7, 11) is 1.45. The predicted molar refractivity (Wildman–Crippen MR) is 103 cm³/mol. The van der Waals surface area contributed by atoms with E-state index < -0.39 is 11.6 Å². The summed E-state index contributed by atoms with van der Waals surface area (Å²) < 4.78 is 33.0. The second-order valence-corrected chi connectivity index (χ2v) is 7.40. The van der Waals surface area contributed by atoms with E-state index in [1.807, 2.05) is 0 Å². The lowest BCUT2D eigenvalue weighted by Gasteiger charge is -2.17. The number of carbonyl (C=O) groups excluding carboxylic acids is 1. The smallest absolute Gasteiger partial charge is 0.268 e. The molecule has 1 amide bonds. The van der Waals surface area contributed by atoms with Crippen LogP contribution in [0.25, 0.3) is 10.4 Å². The molecular weight excluding hydrogens is 382 g/mol. The van der Waals surface area contributed by atoms with E-state index in [0.717, 1.165) is 28.1 Å². The molecule has 1 aliphatic rings. The first kappa shape index (κ1) is 18.1. The van der Waals surface area contributed by atoms with Crippen molar-refractivity contribution in [2.75, 3.05) is 18.6 Å². The molecule has 0 spiro atoms. The molecule has 1 aromatic heterocycles. The van der Waals surface area contributed by atoms with Gasteiger partial charge in [0.05, 0.1) is 28.8 Å². The van der Waals surface area contributed by atoms with Crippen molar-refractivity contribution in [3.05, 3.63) is 70.1 Å². The molecule has 4 rings (SSSR count). The van der Waals surface area contributed by atoms with Crippen LogP contribution in [0.3, 0.4) is 0 Å². The normalized spacial score (nSPS) is 12.2. The number of thiophene rings is 1. The van der Waals surface area contributed by atoms with Gasteiger partial charge in [0.25, 0.3) is 5.91 Å². The Labute approximate surface area is 164 Å². The molecule has 0 fully saturated rings. The van der Waals surface area contributed by atoms with E-state index in [2.05, 4.69) is 6.07 Å². The van der Waals surface area contributed by atoms with Crippen LogP contribution in [0.4, 0.5) is 14.5 Å². The maximum absolute atomic E-state index is 14.1. The summed E-state index contributed by atoms with van der Waals surface area (Å²) in [4.78, 5) is 15.4. The number of carbonyl (C=O) groups is 1. The first-order valence-corrected chi connectivity index (χ1v) is 9.32. The van der Waals surface area contributed by atoms with Crippen molar-refractivity contribution in [2.45, 2.75) is 6.42 Å². The van der Waals surface area contributed by atoms with E-state index in [9.17, 15) is 18.8 Å². The number of nitriles is 1. The number of rotatable bonds is 2. The molecule has 0 saturated carbocycles. The number of halogens is 2. The zero-order chi connectivity index (χ0) is 19.8. The number of fused-ring (bicyclic) bond motifs is 3. The number of hydrogen-bond donors (Lipinski definition) is 0. The Bertz CT molecular complexity index is 1130. The minimum absolute atomic E-state index is 0.00509. The van der Waals surface area contributed by atoms with E-state index in [1.165, 1.54) is 29.4 Å². The van der Waals surface area contributed by atoms with Crippen molar-refractivity contribution in [1.82, 2.24) is 0 Å². The molecule has 0 N–H and O–H groups in total. The average Bonchev–Trinajstić information content (AvgIpc) is 3.03. The Balaban J connectivity index is 1.74. The minimum Gasteiger partial charge on any atom is -0.493 e. The van der Waals surface area contributed by atoms with Crippen LogP contribution in [0.5, 0.6) is 5.75 Å². The largest absolute Gasteiger partial charge is 0.493 e. The van der Waals surface area contributed by atoms with Crippen molar-refractivity contribution in [3.8, 4) is 22.3 Å². The summed E-state index contributed by atoms with van der Waals surface area (Å²) in [5, 5.41) is 9.18. The van der Waals surface area contributed by atoms with Crippen molar-refractivity contribution in [2.24, 2.45) is 0 Å². The van der Waals surface area contributed by atoms with Gasteiger partial charge in [-0.2, -0.15) is 5.26 Å².